The van der Waals surface area contributed by atoms with Crippen LogP contribution in [0.2, 0.25) is 0 Å². The summed E-state index contributed by atoms with van der Waals surface area (Å²) in [5.74, 6) is 0.345. The molecule has 132 valence electrons. The van der Waals surface area contributed by atoms with Gasteiger partial charge in [-0.15, -0.1) is 0 Å². The van der Waals surface area contributed by atoms with Gasteiger partial charge in [0.2, 0.25) is 0 Å². The summed E-state index contributed by atoms with van der Waals surface area (Å²) in [5.41, 5.74) is 1.06. The van der Waals surface area contributed by atoms with Gasteiger partial charge in [0.25, 0.3) is 0 Å². The van der Waals surface area contributed by atoms with Crippen molar-refractivity contribution < 1.29 is 14.6 Å². The third kappa shape index (κ3) is 6.44. The van der Waals surface area contributed by atoms with E-state index in [0.29, 0.717) is 25.4 Å². The number of benzene rings is 1. The number of allylic oxidation sites excluding steroid dienone is 3. The van der Waals surface area contributed by atoms with E-state index in [-0.39, 0.29) is 12.6 Å². The topological polar surface area (TPSA) is 73.6 Å². The number of nitriles is 1. The van der Waals surface area contributed by atoms with Gasteiger partial charge in [-0.3, -0.25) is 9.69 Å². The van der Waals surface area contributed by atoms with E-state index >= 15 is 0 Å². The van der Waals surface area contributed by atoms with Crippen molar-refractivity contribution >= 4 is 5.97 Å². The lowest BCUT2D eigenvalue weighted by Gasteiger charge is -2.24. The van der Waals surface area contributed by atoms with Gasteiger partial charge in [0, 0.05) is 12.0 Å². The summed E-state index contributed by atoms with van der Waals surface area (Å²) in [6.45, 7) is 0.579. The molecule has 0 radical (unpaired) electrons. The minimum absolute atomic E-state index is 0.0725. The maximum Gasteiger partial charge on any atom is 0.317 e. The Kier molecular flexibility index (Phi) is 7.24. The summed E-state index contributed by atoms with van der Waals surface area (Å²) in [6, 6.07) is 9.83. The van der Waals surface area contributed by atoms with Crippen molar-refractivity contribution in [1.82, 2.24) is 4.90 Å². The molecule has 0 spiro atoms. The first-order valence-corrected chi connectivity index (χ1v) is 8.42. The molecule has 1 aromatic rings. The zero-order valence-electron chi connectivity index (χ0n) is 14.5. The Hall–Kier alpha value is -2.58. The number of hydrogen-bond donors (Lipinski definition) is 1. The number of ether oxygens (including phenoxy) is 1. The second-order valence-electron chi connectivity index (χ2n) is 6.29. The summed E-state index contributed by atoms with van der Waals surface area (Å²) in [4.78, 5) is 12.6. The van der Waals surface area contributed by atoms with E-state index in [4.69, 9.17) is 15.1 Å². The molecule has 1 unspecified atom stereocenters. The fourth-order valence-electron chi connectivity index (χ4n) is 2.78. The number of rotatable bonds is 9. The fraction of sp³-hybridized carbons (Fsp3) is 0.400. The van der Waals surface area contributed by atoms with Crippen LogP contribution in [0.15, 0.2) is 48.6 Å². The first-order valence-electron chi connectivity index (χ1n) is 8.42. The van der Waals surface area contributed by atoms with Crippen LogP contribution in [0.3, 0.4) is 0 Å². The van der Waals surface area contributed by atoms with Gasteiger partial charge >= 0.3 is 5.97 Å². The van der Waals surface area contributed by atoms with Crippen molar-refractivity contribution in [2.24, 2.45) is 5.92 Å². The van der Waals surface area contributed by atoms with Gasteiger partial charge < -0.3 is 9.84 Å². The predicted octanol–water partition coefficient (Wildman–Crippen LogP) is 3.04. The van der Waals surface area contributed by atoms with Crippen molar-refractivity contribution in [2.45, 2.75) is 25.3 Å². The maximum absolute atomic E-state index is 10.9. The fourth-order valence-corrected chi connectivity index (χ4v) is 2.78. The van der Waals surface area contributed by atoms with Gasteiger partial charge in [-0.1, -0.05) is 36.4 Å². The maximum atomic E-state index is 10.9. The zero-order valence-corrected chi connectivity index (χ0v) is 14.5. The summed E-state index contributed by atoms with van der Waals surface area (Å²) >= 11 is 0. The first-order chi connectivity index (χ1) is 12.1. The molecule has 5 heteroatoms. The molecule has 2 rings (SSSR count). The second kappa shape index (κ2) is 9.65. The summed E-state index contributed by atoms with van der Waals surface area (Å²) in [6.07, 6.45) is 10.3. The molecule has 1 aromatic carbocycles. The zero-order chi connectivity index (χ0) is 18.1. The normalized spacial score (nSPS) is 17.2. The summed E-state index contributed by atoms with van der Waals surface area (Å²) in [5, 5.41) is 17.9. The lowest BCUT2D eigenvalue weighted by atomic mass is 10.0. The molecule has 0 aliphatic heterocycles. The Balaban J connectivity index is 1.89. The van der Waals surface area contributed by atoms with E-state index in [2.05, 4.69) is 18.2 Å². The molecule has 1 N–H and O–H groups in total. The third-order valence-corrected chi connectivity index (χ3v) is 4.26. The number of nitrogens with zero attached hydrogens (tertiary/aromatic N) is 2. The molecule has 0 fully saturated rings. The highest BCUT2D eigenvalue weighted by Gasteiger charge is 2.17. The average Bonchev–Trinajstić information content (AvgIpc) is 2.61. The van der Waals surface area contributed by atoms with Gasteiger partial charge in [-0.2, -0.15) is 5.26 Å². The lowest BCUT2D eigenvalue weighted by molar-refractivity contribution is -0.138. The predicted molar refractivity (Wildman–Crippen MR) is 96.3 cm³/mol. The van der Waals surface area contributed by atoms with Crippen LogP contribution < -0.4 is 4.74 Å². The highest BCUT2D eigenvalue weighted by Crippen LogP contribution is 2.18. The van der Waals surface area contributed by atoms with Crippen LogP contribution in [-0.4, -0.2) is 42.2 Å². The summed E-state index contributed by atoms with van der Waals surface area (Å²) < 4.78 is 5.83. The standard InChI is InChI=1S/C20H24N2O3/c1-22(14-20(23)24)18(11-12-21)13-16-7-9-19(10-8-16)25-15-17-5-3-2-4-6-17/h2-5,7-10,17-18H,6,11,13-15H2,1H3,(H,23,24)/t17?,18-/m1/s1. The molecular formula is C20H24N2O3. The van der Waals surface area contributed by atoms with Crippen molar-refractivity contribution in [3.63, 3.8) is 0 Å². The molecule has 0 saturated carbocycles. The number of carbonyl (C=O) groups is 1. The second-order valence-corrected chi connectivity index (χ2v) is 6.29. The van der Waals surface area contributed by atoms with Crippen LogP contribution in [0.1, 0.15) is 18.4 Å². The molecule has 0 saturated heterocycles. The van der Waals surface area contributed by atoms with E-state index in [1.54, 1.807) is 11.9 Å². The SMILES string of the molecule is CN(CC(=O)O)[C@H](CC#N)Cc1ccc(OCC2C=CC=CC2)cc1. The van der Waals surface area contributed by atoms with Crippen LogP contribution in [0.4, 0.5) is 0 Å². The largest absolute Gasteiger partial charge is 0.493 e. The van der Waals surface area contributed by atoms with E-state index in [9.17, 15) is 4.79 Å². The lowest BCUT2D eigenvalue weighted by Crippen LogP contribution is -2.37. The molecule has 0 amide bonds. The molecular weight excluding hydrogens is 316 g/mol. The Morgan fingerprint density at radius 2 is 2.16 bits per heavy atom. The average molecular weight is 340 g/mol. The molecule has 0 heterocycles. The van der Waals surface area contributed by atoms with Crippen LogP contribution in [-0.2, 0) is 11.2 Å². The number of carboxylic acid groups (broad SMARTS) is 1. The molecule has 0 aromatic heterocycles. The van der Waals surface area contributed by atoms with Gasteiger partial charge in [0.15, 0.2) is 0 Å². The van der Waals surface area contributed by atoms with Gasteiger partial charge in [0.05, 0.1) is 25.6 Å². The minimum Gasteiger partial charge on any atom is -0.493 e. The minimum atomic E-state index is -0.888. The summed E-state index contributed by atoms with van der Waals surface area (Å²) in [7, 11) is 1.74. The number of likely N-dealkylation sites (N-methyl/N-ethyl adjacent to an activating group) is 1. The molecule has 1 aliphatic rings. The Morgan fingerprint density at radius 1 is 1.40 bits per heavy atom. The number of carboxylic acids is 1. The molecule has 1 aliphatic carbocycles. The first kappa shape index (κ1) is 18.8. The third-order valence-electron chi connectivity index (χ3n) is 4.26. The van der Waals surface area contributed by atoms with Gasteiger partial charge in [-0.25, -0.2) is 0 Å². The Bertz CT molecular complexity index is 659. The van der Waals surface area contributed by atoms with Crippen LogP contribution in [0.5, 0.6) is 5.75 Å². The Labute approximate surface area is 148 Å². The molecule has 5 nitrogen and oxygen atoms in total. The van der Waals surface area contributed by atoms with Crippen LogP contribution in [0, 0.1) is 17.2 Å². The number of hydrogen-bond acceptors (Lipinski definition) is 4. The van der Waals surface area contributed by atoms with Crippen molar-refractivity contribution in [3.05, 3.63) is 54.1 Å². The van der Waals surface area contributed by atoms with Crippen LogP contribution >= 0.6 is 0 Å². The monoisotopic (exact) mass is 340 g/mol. The van der Waals surface area contributed by atoms with Gasteiger partial charge in [-0.05, 0) is 37.6 Å². The smallest absolute Gasteiger partial charge is 0.317 e. The highest BCUT2D eigenvalue weighted by molar-refractivity contribution is 5.69. The van der Waals surface area contributed by atoms with E-state index in [0.717, 1.165) is 17.7 Å². The van der Waals surface area contributed by atoms with E-state index in [1.165, 1.54) is 0 Å². The van der Waals surface area contributed by atoms with Crippen LogP contribution in [0.25, 0.3) is 0 Å². The van der Waals surface area contributed by atoms with Crippen molar-refractivity contribution in [2.75, 3.05) is 20.2 Å². The number of aliphatic carboxylic acids is 1. The molecule has 0 bridgehead atoms. The molecule has 2 atom stereocenters. The van der Waals surface area contributed by atoms with E-state index in [1.807, 2.05) is 36.4 Å². The van der Waals surface area contributed by atoms with Crippen molar-refractivity contribution in [1.29, 1.82) is 5.26 Å². The quantitative estimate of drug-likeness (QED) is 0.748. The van der Waals surface area contributed by atoms with E-state index < -0.39 is 5.97 Å². The van der Waals surface area contributed by atoms with Crippen molar-refractivity contribution in [3.8, 4) is 11.8 Å². The Morgan fingerprint density at radius 3 is 2.76 bits per heavy atom. The molecule has 25 heavy (non-hydrogen) atoms. The highest BCUT2D eigenvalue weighted by atomic mass is 16.5. The van der Waals surface area contributed by atoms with Gasteiger partial charge in [0.1, 0.15) is 5.75 Å².